The summed E-state index contributed by atoms with van der Waals surface area (Å²) < 4.78 is 5.30. The normalized spacial score (nSPS) is 24.1. The van der Waals surface area contributed by atoms with Crippen LogP contribution in [-0.2, 0) is 0 Å². The number of nitrogens with zero attached hydrogens (tertiary/aromatic N) is 3. The number of rotatable bonds is 2. The minimum atomic E-state index is 0.150. The Hall–Kier alpha value is -1.75. The number of nitrogens with two attached hydrogens (primary N) is 1. The lowest BCUT2D eigenvalue weighted by Gasteiger charge is -2.08. The summed E-state index contributed by atoms with van der Waals surface area (Å²) in [7, 11) is 0. The van der Waals surface area contributed by atoms with Crippen LogP contribution in [0.3, 0.4) is 0 Å². The van der Waals surface area contributed by atoms with Gasteiger partial charge in [-0.25, -0.2) is 0 Å². The van der Waals surface area contributed by atoms with E-state index in [2.05, 4.69) is 15.1 Å². The first-order valence-corrected chi connectivity index (χ1v) is 5.84. The van der Waals surface area contributed by atoms with Crippen molar-refractivity contribution in [2.45, 2.75) is 31.2 Å². The fourth-order valence-electron chi connectivity index (χ4n) is 2.29. The first kappa shape index (κ1) is 10.4. The molecule has 5 heteroatoms. The lowest BCUT2D eigenvalue weighted by molar-refractivity contribution is 0.345. The van der Waals surface area contributed by atoms with Gasteiger partial charge < -0.3 is 10.3 Å². The van der Waals surface area contributed by atoms with Crippen LogP contribution >= 0.6 is 0 Å². The molecule has 0 aromatic carbocycles. The molecule has 1 fully saturated rings. The van der Waals surface area contributed by atoms with Gasteiger partial charge in [0, 0.05) is 24.0 Å². The van der Waals surface area contributed by atoms with Crippen molar-refractivity contribution in [3.8, 4) is 11.4 Å². The van der Waals surface area contributed by atoms with E-state index >= 15 is 0 Å². The van der Waals surface area contributed by atoms with Crippen molar-refractivity contribution in [3.05, 3.63) is 30.4 Å². The standard InChI is InChI=1S/C12H14N4O/c13-10-5-1-4-9(10)12-15-11(16-17-12)8-3-2-6-14-7-8/h2-3,6-7,9-10H,1,4-5,13H2/t9-,10-/m0/s1. The SMILES string of the molecule is N[C@H]1CCC[C@@H]1c1nc(-c2cccnc2)no1. The van der Waals surface area contributed by atoms with E-state index < -0.39 is 0 Å². The molecule has 0 unspecified atom stereocenters. The molecular formula is C12H14N4O. The van der Waals surface area contributed by atoms with Crippen molar-refractivity contribution in [2.75, 3.05) is 0 Å². The third-order valence-corrected chi connectivity index (χ3v) is 3.25. The smallest absolute Gasteiger partial charge is 0.231 e. The van der Waals surface area contributed by atoms with Gasteiger partial charge in [0.25, 0.3) is 0 Å². The van der Waals surface area contributed by atoms with E-state index in [-0.39, 0.29) is 12.0 Å². The predicted octanol–water partition coefficient (Wildman–Crippen LogP) is 1.73. The summed E-state index contributed by atoms with van der Waals surface area (Å²) in [6.45, 7) is 0. The van der Waals surface area contributed by atoms with E-state index in [0.29, 0.717) is 11.7 Å². The van der Waals surface area contributed by atoms with Crippen LogP contribution in [0.15, 0.2) is 29.0 Å². The molecule has 2 aromatic heterocycles. The Morgan fingerprint density at radius 1 is 1.35 bits per heavy atom. The lowest BCUT2D eigenvalue weighted by atomic mass is 10.1. The van der Waals surface area contributed by atoms with E-state index in [0.717, 1.165) is 24.8 Å². The first-order valence-electron chi connectivity index (χ1n) is 5.84. The Morgan fingerprint density at radius 3 is 3.00 bits per heavy atom. The van der Waals surface area contributed by atoms with Gasteiger partial charge in [0.2, 0.25) is 11.7 Å². The zero-order valence-corrected chi connectivity index (χ0v) is 9.41. The quantitative estimate of drug-likeness (QED) is 0.850. The van der Waals surface area contributed by atoms with Crippen molar-refractivity contribution in [1.82, 2.24) is 15.1 Å². The average Bonchev–Trinajstić information content (AvgIpc) is 2.98. The lowest BCUT2D eigenvalue weighted by Crippen LogP contribution is -2.22. The van der Waals surface area contributed by atoms with E-state index in [1.807, 2.05) is 12.1 Å². The van der Waals surface area contributed by atoms with Crippen LogP contribution in [0.1, 0.15) is 31.1 Å². The van der Waals surface area contributed by atoms with Gasteiger partial charge in [-0.05, 0) is 25.0 Å². The minimum Gasteiger partial charge on any atom is -0.339 e. The second kappa shape index (κ2) is 4.25. The van der Waals surface area contributed by atoms with Crippen LogP contribution in [-0.4, -0.2) is 21.2 Å². The third-order valence-electron chi connectivity index (χ3n) is 3.25. The molecule has 2 aromatic rings. The second-order valence-electron chi connectivity index (χ2n) is 4.40. The number of hydrogen-bond acceptors (Lipinski definition) is 5. The van der Waals surface area contributed by atoms with Gasteiger partial charge in [0.1, 0.15) is 0 Å². The zero-order chi connectivity index (χ0) is 11.7. The maximum atomic E-state index is 6.02. The molecule has 1 saturated carbocycles. The Bertz CT molecular complexity index is 496. The monoisotopic (exact) mass is 230 g/mol. The van der Waals surface area contributed by atoms with E-state index in [9.17, 15) is 0 Å². The summed E-state index contributed by atoms with van der Waals surface area (Å²) in [5.74, 6) is 1.47. The summed E-state index contributed by atoms with van der Waals surface area (Å²) in [4.78, 5) is 8.45. The number of hydrogen-bond donors (Lipinski definition) is 1. The molecule has 3 rings (SSSR count). The van der Waals surface area contributed by atoms with E-state index in [1.54, 1.807) is 12.4 Å². The first-order chi connectivity index (χ1) is 8.34. The molecule has 0 aliphatic heterocycles. The molecule has 2 atom stereocenters. The fourth-order valence-corrected chi connectivity index (χ4v) is 2.29. The third kappa shape index (κ3) is 1.93. The largest absolute Gasteiger partial charge is 0.339 e. The molecule has 17 heavy (non-hydrogen) atoms. The number of aromatic nitrogens is 3. The highest BCUT2D eigenvalue weighted by Gasteiger charge is 2.30. The summed E-state index contributed by atoms with van der Waals surface area (Å²) >= 11 is 0. The van der Waals surface area contributed by atoms with Crippen LogP contribution in [0.25, 0.3) is 11.4 Å². The highest BCUT2D eigenvalue weighted by Crippen LogP contribution is 2.33. The van der Waals surface area contributed by atoms with Crippen LogP contribution in [0.2, 0.25) is 0 Å². The molecule has 1 aliphatic rings. The van der Waals surface area contributed by atoms with Crippen molar-refractivity contribution in [3.63, 3.8) is 0 Å². The molecule has 88 valence electrons. The maximum absolute atomic E-state index is 6.02. The molecule has 2 heterocycles. The summed E-state index contributed by atoms with van der Waals surface area (Å²) in [5.41, 5.74) is 6.89. The Labute approximate surface area is 99.1 Å². The van der Waals surface area contributed by atoms with Crippen molar-refractivity contribution in [1.29, 1.82) is 0 Å². The van der Waals surface area contributed by atoms with Crippen LogP contribution in [0, 0.1) is 0 Å². The Balaban J connectivity index is 1.88. The highest BCUT2D eigenvalue weighted by molar-refractivity contribution is 5.51. The molecule has 0 bridgehead atoms. The molecule has 2 N–H and O–H groups in total. The van der Waals surface area contributed by atoms with Gasteiger partial charge in [-0.1, -0.05) is 11.6 Å². The fraction of sp³-hybridized carbons (Fsp3) is 0.417. The van der Waals surface area contributed by atoms with E-state index in [4.69, 9.17) is 10.3 Å². The molecule has 0 amide bonds. The van der Waals surface area contributed by atoms with Gasteiger partial charge in [-0.3, -0.25) is 4.98 Å². The topological polar surface area (TPSA) is 77.8 Å². The van der Waals surface area contributed by atoms with Gasteiger partial charge >= 0.3 is 0 Å². The van der Waals surface area contributed by atoms with Crippen molar-refractivity contribution >= 4 is 0 Å². The minimum absolute atomic E-state index is 0.150. The Kier molecular flexibility index (Phi) is 2.60. The second-order valence-corrected chi connectivity index (χ2v) is 4.40. The molecular weight excluding hydrogens is 216 g/mol. The van der Waals surface area contributed by atoms with Crippen molar-refractivity contribution in [2.24, 2.45) is 5.73 Å². The average molecular weight is 230 g/mol. The van der Waals surface area contributed by atoms with Crippen LogP contribution < -0.4 is 5.73 Å². The molecule has 0 radical (unpaired) electrons. The van der Waals surface area contributed by atoms with Crippen LogP contribution in [0.4, 0.5) is 0 Å². The highest BCUT2D eigenvalue weighted by atomic mass is 16.5. The zero-order valence-electron chi connectivity index (χ0n) is 9.41. The van der Waals surface area contributed by atoms with Crippen molar-refractivity contribution < 1.29 is 4.52 Å². The van der Waals surface area contributed by atoms with Gasteiger partial charge in [0.05, 0.1) is 5.92 Å². The van der Waals surface area contributed by atoms with E-state index in [1.165, 1.54) is 0 Å². The summed E-state index contributed by atoms with van der Waals surface area (Å²) in [6.07, 6.45) is 6.65. The molecule has 0 saturated heterocycles. The maximum Gasteiger partial charge on any atom is 0.231 e. The number of pyridine rings is 1. The summed E-state index contributed by atoms with van der Waals surface area (Å²) in [6, 6.07) is 3.92. The predicted molar refractivity (Wildman–Crippen MR) is 62.1 cm³/mol. The molecule has 0 spiro atoms. The molecule has 1 aliphatic carbocycles. The van der Waals surface area contributed by atoms with Gasteiger partial charge in [-0.2, -0.15) is 4.98 Å². The molecule has 5 nitrogen and oxygen atoms in total. The van der Waals surface area contributed by atoms with Gasteiger partial charge in [-0.15, -0.1) is 0 Å². The van der Waals surface area contributed by atoms with Gasteiger partial charge in [0.15, 0.2) is 0 Å². The Morgan fingerprint density at radius 2 is 2.29 bits per heavy atom. The van der Waals surface area contributed by atoms with Crippen LogP contribution in [0.5, 0.6) is 0 Å². The summed E-state index contributed by atoms with van der Waals surface area (Å²) in [5, 5.41) is 3.98.